The van der Waals surface area contributed by atoms with E-state index in [1.165, 1.54) is 180 Å². The molecule has 0 fully saturated rings. The van der Waals surface area contributed by atoms with E-state index in [0.29, 0.717) is 37.5 Å². The smallest absolute Gasteiger partial charge is 0.462 e. The molecule has 0 aliphatic heterocycles. The van der Waals surface area contributed by atoms with Gasteiger partial charge in [-0.2, -0.15) is 0 Å². The monoisotopic (exact) mass is 1410 g/mol. The van der Waals surface area contributed by atoms with Crippen LogP contribution in [0.25, 0.3) is 0 Å². The quantitative estimate of drug-likeness (QED) is 0.0222. The van der Waals surface area contributed by atoms with Gasteiger partial charge in [-0.15, -0.1) is 0 Å². The van der Waals surface area contributed by atoms with Gasteiger partial charge in [-0.1, -0.05) is 338 Å². The summed E-state index contributed by atoms with van der Waals surface area (Å²) < 4.78 is 68.5. The van der Waals surface area contributed by atoms with E-state index in [9.17, 15) is 43.2 Å². The van der Waals surface area contributed by atoms with E-state index in [-0.39, 0.29) is 25.7 Å². The third-order valence-electron chi connectivity index (χ3n) is 18.5. The number of hydrogen-bond donors (Lipinski definition) is 3. The van der Waals surface area contributed by atoms with Crippen LogP contribution in [0.5, 0.6) is 0 Å². The van der Waals surface area contributed by atoms with E-state index in [0.717, 1.165) is 115 Å². The Hall–Kier alpha value is -1.94. The van der Waals surface area contributed by atoms with Crippen molar-refractivity contribution in [3.63, 3.8) is 0 Å². The number of aliphatic hydroxyl groups is 1. The predicted molar refractivity (Wildman–Crippen MR) is 391 cm³/mol. The molecule has 570 valence electrons. The Morgan fingerprint density at radius 2 is 0.500 bits per heavy atom. The average Bonchev–Trinajstić information content (AvgIpc) is 2.06. The lowest BCUT2D eigenvalue weighted by Crippen LogP contribution is -2.30. The molecule has 0 aromatic carbocycles. The maximum Gasteiger partial charge on any atom is 0.472 e. The first-order chi connectivity index (χ1) is 46.2. The summed E-state index contributed by atoms with van der Waals surface area (Å²) in [6, 6.07) is 0. The highest BCUT2D eigenvalue weighted by molar-refractivity contribution is 7.47. The van der Waals surface area contributed by atoms with E-state index in [2.05, 4.69) is 55.4 Å². The Morgan fingerprint density at radius 3 is 0.740 bits per heavy atom. The third-order valence-corrected chi connectivity index (χ3v) is 20.4. The lowest BCUT2D eigenvalue weighted by atomic mass is 9.99. The zero-order valence-electron chi connectivity index (χ0n) is 63.0. The lowest BCUT2D eigenvalue weighted by Gasteiger charge is -2.21. The summed E-state index contributed by atoms with van der Waals surface area (Å²) in [4.78, 5) is 72.8. The fourth-order valence-electron chi connectivity index (χ4n) is 11.7. The van der Waals surface area contributed by atoms with Crippen LogP contribution in [-0.4, -0.2) is 96.7 Å². The molecule has 0 aliphatic rings. The van der Waals surface area contributed by atoms with Crippen molar-refractivity contribution < 1.29 is 80.2 Å². The van der Waals surface area contributed by atoms with Crippen LogP contribution in [0.1, 0.15) is 389 Å². The number of unbranched alkanes of at least 4 members (excludes halogenated alkanes) is 38. The first kappa shape index (κ1) is 94.1. The lowest BCUT2D eigenvalue weighted by molar-refractivity contribution is -0.161. The average molecular weight is 1410 g/mol. The van der Waals surface area contributed by atoms with E-state index in [1.54, 1.807) is 0 Å². The fourth-order valence-corrected chi connectivity index (χ4v) is 13.2. The van der Waals surface area contributed by atoms with Crippen molar-refractivity contribution in [1.29, 1.82) is 0 Å². The van der Waals surface area contributed by atoms with Crippen molar-refractivity contribution in [1.82, 2.24) is 0 Å². The molecule has 17 nitrogen and oxygen atoms in total. The molecule has 0 amide bonds. The molecule has 0 aromatic rings. The first-order valence-corrected chi connectivity index (χ1v) is 42.8. The summed E-state index contributed by atoms with van der Waals surface area (Å²) >= 11 is 0. The molecule has 0 radical (unpaired) electrons. The van der Waals surface area contributed by atoms with Crippen molar-refractivity contribution >= 4 is 39.5 Å². The van der Waals surface area contributed by atoms with E-state index >= 15 is 0 Å². The van der Waals surface area contributed by atoms with Gasteiger partial charge in [0, 0.05) is 25.7 Å². The predicted octanol–water partition coefficient (Wildman–Crippen LogP) is 22.4. The van der Waals surface area contributed by atoms with Gasteiger partial charge in [-0.25, -0.2) is 9.13 Å². The van der Waals surface area contributed by atoms with Crippen LogP contribution in [0.4, 0.5) is 0 Å². The molecule has 96 heavy (non-hydrogen) atoms. The van der Waals surface area contributed by atoms with Crippen LogP contribution in [0.3, 0.4) is 0 Å². The van der Waals surface area contributed by atoms with Crippen LogP contribution >= 0.6 is 15.6 Å². The molecule has 7 atom stereocenters. The summed E-state index contributed by atoms with van der Waals surface area (Å²) in [7, 11) is -9.91. The van der Waals surface area contributed by atoms with Crippen LogP contribution in [0, 0.1) is 23.7 Å². The molecule has 3 N–H and O–H groups in total. The Balaban J connectivity index is 5.17. The van der Waals surface area contributed by atoms with E-state index < -0.39 is 97.5 Å². The number of phosphoric acid groups is 2. The zero-order chi connectivity index (χ0) is 71.0. The second-order valence-corrected chi connectivity index (χ2v) is 32.1. The molecule has 19 heteroatoms. The number of carbonyl (C=O) groups is 4. The van der Waals surface area contributed by atoms with Crippen molar-refractivity contribution in [2.45, 2.75) is 408 Å². The second-order valence-electron chi connectivity index (χ2n) is 29.2. The van der Waals surface area contributed by atoms with Gasteiger partial charge in [0.05, 0.1) is 26.4 Å². The Labute approximate surface area is 588 Å². The van der Waals surface area contributed by atoms with Gasteiger partial charge in [0.15, 0.2) is 12.2 Å². The highest BCUT2D eigenvalue weighted by atomic mass is 31.2. The topological polar surface area (TPSA) is 237 Å². The van der Waals surface area contributed by atoms with Crippen LogP contribution < -0.4 is 0 Å². The minimum absolute atomic E-state index is 0.105. The van der Waals surface area contributed by atoms with Gasteiger partial charge in [0.2, 0.25) is 0 Å². The van der Waals surface area contributed by atoms with Gasteiger partial charge in [0.25, 0.3) is 0 Å². The largest absolute Gasteiger partial charge is 0.472 e. The number of esters is 4. The molecule has 0 saturated carbocycles. The molecular formula is C77H150O17P2. The molecule has 0 aliphatic carbocycles. The van der Waals surface area contributed by atoms with Gasteiger partial charge in [-0.05, 0) is 49.4 Å². The van der Waals surface area contributed by atoms with Crippen molar-refractivity contribution in [3.8, 4) is 0 Å². The molecule has 0 heterocycles. The number of phosphoric ester groups is 2. The Bertz CT molecular complexity index is 1890. The minimum Gasteiger partial charge on any atom is -0.462 e. The summed E-state index contributed by atoms with van der Waals surface area (Å²) in [5, 5.41) is 10.6. The number of carbonyl (C=O) groups excluding carboxylic acids is 4. The van der Waals surface area contributed by atoms with E-state index in [1.807, 2.05) is 0 Å². The van der Waals surface area contributed by atoms with E-state index in [4.69, 9.17) is 37.0 Å². The number of rotatable bonds is 74. The Morgan fingerprint density at radius 1 is 0.292 bits per heavy atom. The normalized spacial score (nSPS) is 14.7. The van der Waals surface area contributed by atoms with Gasteiger partial charge in [-0.3, -0.25) is 37.3 Å². The molecule has 5 unspecified atom stereocenters. The molecular weight excluding hydrogens is 1260 g/mol. The molecule has 0 saturated heterocycles. The van der Waals surface area contributed by atoms with Crippen LogP contribution in [0.2, 0.25) is 0 Å². The van der Waals surface area contributed by atoms with Gasteiger partial charge >= 0.3 is 39.5 Å². The summed E-state index contributed by atoms with van der Waals surface area (Å²) in [6.07, 6.45) is 51.5. The SMILES string of the molecule is CCC(C)CCCCCCCCCCCCCCCCCCCCC(=O)O[C@H](COC(=O)CCCCCCCCCC(C)C)COP(=O)(O)OCC(O)COP(=O)(O)OC[C@@H](COC(=O)CCCCCCCCCC(C)C)OC(=O)CCCCCCCCCCCCC(C)CC. The maximum absolute atomic E-state index is 13.1. The van der Waals surface area contributed by atoms with Crippen molar-refractivity contribution in [2.75, 3.05) is 39.6 Å². The highest BCUT2D eigenvalue weighted by Crippen LogP contribution is 2.45. The molecule has 0 aromatic heterocycles. The van der Waals surface area contributed by atoms with Crippen LogP contribution in [-0.2, 0) is 65.4 Å². The second kappa shape index (κ2) is 66.3. The number of ether oxygens (including phenoxy) is 4. The fraction of sp³-hybridized carbons (Fsp3) is 0.948. The summed E-state index contributed by atoms with van der Waals surface area (Å²) in [5.41, 5.74) is 0. The molecule has 0 spiro atoms. The van der Waals surface area contributed by atoms with Crippen molar-refractivity contribution in [2.24, 2.45) is 23.7 Å². The van der Waals surface area contributed by atoms with Gasteiger partial charge in [0.1, 0.15) is 19.3 Å². The minimum atomic E-state index is -4.96. The number of hydrogen-bond acceptors (Lipinski definition) is 15. The highest BCUT2D eigenvalue weighted by Gasteiger charge is 2.30. The third kappa shape index (κ3) is 67.9. The summed E-state index contributed by atoms with van der Waals surface area (Å²) in [5.74, 6) is 0.961. The Kier molecular flexibility index (Phi) is 65.0. The molecule has 0 bridgehead atoms. The maximum atomic E-state index is 13.1. The van der Waals surface area contributed by atoms with Crippen LogP contribution in [0.15, 0.2) is 0 Å². The first-order valence-electron chi connectivity index (χ1n) is 39.8. The standard InChI is InChI=1S/C77H150O17P2/c1-9-69(7)55-47-39-31-23-19-17-15-13-11-12-14-16-18-20-25-33-43-51-59-76(81)93-72(63-87-74(79)57-49-41-35-27-29-37-45-53-67(3)4)65-91-95(83,84)89-61-71(78)62-90-96(85,86)92-66-73(64-88-75(80)58-50-42-36-28-30-38-46-54-68(5)6)94-77(82)60-52-44-34-26-22-21-24-32-40-48-56-70(8)10-2/h67-73,78H,9-66H2,1-8H3,(H,83,84)(H,85,86)/t69?,70?,71?,72-,73-/m1/s1. The molecule has 0 rings (SSSR count). The number of aliphatic hydroxyl groups excluding tert-OH is 1. The zero-order valence-corrected chi connectivity index (χ0v) is 64.8. The van der Waals surface area contributed by atoms with Gasteiger partial charge < -0.3 is 33.8 Å². The summed E-state index contributed by atoms with van der Waals surface area (Å²) in [6.45, 7) is 14.2. The van der Waals surface area contributed by atoms with Crippen molar-refractivity contribution in [3.05, 3.63) is 0 Å².